The van der Waals surface area contributed by atoms with Crippen LogP contribution < -0.4 is 5.32 Å². The Hall–Kier alpha value is -0.420. The topological polar surface area (TPSA) is 27.6 Å². The SMILES string of the molecule is Cl.Cl.c1ccc2c(c1)CN=C(SCCCCN1CCCC1)N2. The molecule has 0 aliphatic carbocycles. The van der Waals surface area contributed by atoms with Crippen molar-refractivity contribution in [1.82, 2.24) is 4.90 Å². The normalized spacial score (nSPS) is 16.8. The number of amidine groups is 1. The highest BCUT2D eigenvalue weighted by molar-refractivity contribution is 8.14. The summed E-state index contributed by atoms with van der Waals surface area (Å²) < 4.78 is 0. The summed E-state index contributed by atoms with van der Waals surface area (Å²) in [5, 5.41) is 4.52. The molecule has 0 aromatic heterocycles. The van der Waals surface area contributed by atoms with Crippen LogP contribution in [0, 0.1) is 0 Å². The summed E-state index contributed by atoms with van der Waals surface area (Å²) in [7, 11) is 0. The highest BCUT2D eigenvalue weighted by Crippen LogP contribution is 2.23. The molecular weight excluding hydrogens is 337 g/mol. The summed E-state index contributed by atoms with van der Waals surface area (Å²) in [6.45, 7) is 4.74. The van der Waals surface area contributed by atoms with Gasteiger partial charge in [-0.05, 0) is 56.9 Å². The number of unbranched alkanes of at least 4 members (excludes halogenated alkanes) is 1. The molecule has 2 aliphatic heterocycles. The summed E-state index contributed by atoms with van der Waals surface area (Å²) in [6.07, 6.45) is 5.39. The molecule has 2 aliphatic rings. The number of hydrogen-bond acceptors (Lipinski definition) is 4. The van der Waals surface area contributed by atoms with Crippen molar-refractivity contribution in [2.24, 2.45) is 4.99 Å². The van der Waals surface area contributed by atoms with E-state index in [0.717, 1.165) is 11.7 Å². The zero-order valence-corrected chi connectivity index (χ0v) is 15.2. The lowest BCUT2D eigenvalue weighted by Gasteiger charge is -2.18. The van der Waals surface area contributed by atoms with Gasteiger partial charge in [-0.25, -0.2) is 0 Å². The molecule has 1 saturated heterocycles. The molecule has 3 nitrogen and oxygen atoms in total. The van der Waals surface area contributed by atoms with Crippen LogP contribution in [-0.4, -0.2) is 35.5 Å². The van der Waals surface area contributed by atoms with Gasteiger partial charge in [-0.1, -0.05) is 30.0 Å². The molecule has 1 N–H and O–H groups in total. The van der Waals surface area contributed by atoms with E-state index in [1.165, 1.54) is 62.3 Å². The molecular formula is C16H25Cl2N3S. The number of fused-ring (bicyclic) bond motifs is 1. The number of thioether (sulfide) groups is 1. The number of anilines is 1. The Labute approximate surface area is 150 Å². The summed E-state index contributed by atoms with van der Waals surface area (Å²) in [6, 6.07) is 8.43. The maximum atomic E-state index is 4.60. The van der Waals surface area contributed by atoms with Crippen molar-refractivity contribution in [1.29, 1.82) is 0 Å². The van der Waals surface area contributed by atoms with Gasteiger partial charge in [-0.2, -0.15) is 0 Å². The van der Waals surface area contributed by atoms with Crippen molar-refractivity contribution in [2.75, 3.05) is 30.7 Å². The standard InChI is InChI=1S/C16H23N3S.2ClH/c1-2-8-15-14(7-1)13-17-16(18-15)20-12-6-5-11-19-9-3-4-10-19;;/h1-2,7-8H,3-6,9-13H2,(H,17,18);2*1H. The molecule has 6 heteroatoms. The molecule has 0 radical (unpaired) electrons. The first-order valence-corrected chi connectivity index (χ1v) is 8.65. The van der Waals surface area contributed by atoms with Crippen LogP contribution in [0.2, 0.25) is 0 Å². The van der Waals surface area contributed by atoms with Crippen LogP contribution >= 0.6 is 36.6 Å². The van der Waals surface area contributed by atoms with Gasteiger partial charge in [-0.15, -0.1) is 24.8 Å². The van der Waals surface area contributed by atoms with E-state index in [1.807, 2.05) is 11.8 Å². The van der Waals surface area contributed by atoms with Crippen LogP contribution in [0.25, 0.3) is 0 Å². The Kier molecular flexibility index (Phi) is 9.25. The van der Waals surface area contributed by atoms with Crippen LogP contribution in [0.4, 0.5) is 5.69 Å². The molecule has 0 spiro atoms. The quantitative estimate of drug-likeness (QED) is 0.786. The Balaban J connectivity index is 0.00000121. The van der Waals surface area contributed by atoms with Gasteiger partial charge < -0.3 is 10.2 Å². The Morgan fingerprint density at radius 2 is 1.86 bits per heavy atom. The van der Waals surface area contributed by atoms with E-state index in [9.17, 15) is 0 Å². The van der Waals surface area contributed by atoms with Crippen LogP contribution in [-0.2, 0) is 6.54 Å². The molecule has 22 heavy (non-hydrogen) atoms. The zero-order valence-electron chi connectivity index (χ0n) is 12.8. The summed E-state index contributed by atoms with van der Waals surface area (Å²) in [5.74, 6) is 1.17. The third kappa shape index (κ3) is 5.65. The first-order valence-electron chi connectivity index (χ1n) is 7.66. The summed E-state index contributed by atoms with van der Waals surface area (Å²) in [4.78, 5) is 7.20. The number of likely N-dealkylation sites (tertiary alicyclic amines) is 1. The zero-order chi connectivity index (χ0) is 13.6. The van der Waals surface area contributed by atoms with Gasteiger partial charge in [-0.3, -0.25) is 4.99 Å². The van der Waals surface area contributed by atoms with E-state index in [1.54, 1.807) is 0 Å². The van der Waals surface area contributed by atoms with Crippen molar-refractivity contribution in [3.8, 4) is 0 Å². The van der Waals surface area contributed by atoms with Crippen molar-refractivity contribution in [3.05, 3.63) is 29.8 Å². The van der Waals surface area contributed by atoms with Crippen LogP contribution in [0.3, 0.4) is 0 Å². The van der Waals surface area contributed by atoms with Gasteiger partial charge in [0, 0.05) is 11.4 Å². The molecule has 3 rings (SSSR count). The predicted octanol–water partition coefficient (Wildman–Crippen LogP) is 4.42. The number of nitrogens with zero attached hydrogens (tertiary/aromatic N) is 2. The minimum Gasteiger partial charge on any atom is -0.335 e. The van der Waals surface area contributed by atoms with E-state index in [0.29, 0.717) is 0 Å². The Bertz CT molecular complexity index is 476. The minimum absolute atomic E-state index is 0. The largest absolute Gasteiger partial charge is 0.335 e. The lowest BCUT2D eigenvalue weighted by atomic mass is 10.1. The second-order valence-corrected chi connectivity index (χ2v) is 6.59. The van der Waals surface area contributed by atoms with E-state index in [-0.39, 0.29) is 24.8 Å². The third-order valence-electron chi connectivity index (χ3n) is 3.96. The van der Waals surface area contributed by atoms with Crippen LogP contribution in [0.1, 0.15) is 31.2 Å². The molecule has 0 atom stereocenters. The fourth-order valence-electron chi connectivity index (χ4n) is 2.79. The first-order chi connectivity index (χ1) is 9.92. The van der Waals surface area contributed by atoms with Crippen molar-refractivity contribution in [3.63, 3.8) is 0 Å². The van der Waals surface area contributed by atoms with Crippen molar-refractivity contribution >= 4 is 47.4 Å². The molecule has 1 fully saturated rings. The lowest BCUT2D eigenvalue weighted by molar-refractivity contribution is 0.333. The summed E-state index contributed by atoms with van der Waals surface area (Å²) in [5.41, 5.74) is 2.52. The summed E-state index contributed by atoms with van der Waals surface area (Å²) >= 11 is 1.86. The smallest absolute Gasteiger partial charge is 0.161 e. The van der Waals surface area contributed by atoms with Gasteiger partial charge >= 0.3 is 0 Å². The first kappa shape index (κ1) is 19.6. The predicted molar refractivity (Wildman–Crippen MR) is 103 cm³/mol. The van der Waals surface area contributed by atoms with Gasteiger partial charge in [0.2, 0.25) is 0 Å². The molecule has 0 unspecified atom stereocenters. The molecule has 0 amide bonds. The number of benzene rings is 1. The Morgan fingerprint density at radius 1 is 1.09 bits per heavy atom. The number of halogens is 2. The lowest BCUT2D eigenvalue weighted by Crippen LogP contribution is -2.20. The van der Waals surface area contributed by atoms with Crippen molar-refractivity contribution < 1.29 is 0 Å². The maximum Gasteiger partial charge on any atom is 0.161 e. The van der Waals surface area contributed by atoms with E-state index < -0.39 is 0 Å². The molecule has 2 heterocycles. The van der Waals surface area contributed by atoms with Crippen LogP contribution in [0.5, 0.6) is 0 Å². The fraction of sp³-hybridized carbons (Fsp3) is 0.562. The second-order valence-electron chi connectivity index (χ2n) is 5.51. The van der Waals surface area contributed by atoms with E-state index >= 15 is 0 Å². The van der Waals surface area contributed by atoms with Gasteiger partial charge in [0.1, 0.15) is 0 Å². The van der Waals surface area contributed by atoms with E-state index in [2.05, 4.69) is 39.5 Å². The highest BCUT2D eigenvalue weighted by Gasteiger charge is 2.12. The highest BCUT2D eigenvalue weighted by atomic mass is 35.5. The molecule has 0 saturated carbocycles. The molecule has 124 valence electrons. The van der Waals surface area contributed by atoms with Crippen molar-refractivity contribution in [2.45, 2.75) is 32.2 Å². The van der Waals surface area contributed by atoms with E-state index in [4.69, 9.17) is 0 Å². The number of hydrogen-bond donors (Lipinski definition) is 1. The molecule has 1 aromatic carbocycles. The molecule has 1 aromatic rings. The Morgan fingerprint density at radius 3 is 2.68 bits per heavy atom. The average molecular weight is 362 g/mol. The van der Waals surface area contributed by atoms with Gasteiger partial charge in [0.05, 0.1) is 6.54 Å². The number of rotatable bonds is 5. The fourth-order valence-corrected chi connectivity index (χ4v) is 3.67. The number of para-hydroxylation sites is 1. The monoisotopic (exact) mass is 361 g/mol. The third-order valence-corrected chi connectivity index (χ3v) is 4.96. The minimum atomic E-state index is 0. The second kappa shape index (κ2) is 10.4. The van der Waals surface area contributed by atoms with Gasteiger partial charge in [0.25, 0.3) is 0 Å². The average Bonchev–Trinajstić information content (AvgIpc) is 3.00. The number of nitrogens with one attached hydrogen (secondary N) is 1. The maximum absolute atomic E-state index is 4.60. The molecule has 0 bridgehead atoms. The number of aliphatic imine (C=N–C) groups is 1. The van der Waals surface area contributed by atoms with Crippen LogP contribution in [0.15, 0.2) is 29.3 Å². The van der Waals surface area contributed by atoms with Gasteiger partial charge in [0.15, 0.2) is 5.17 Å².